The summed E-state index contributed by atoms with van der Waals surface area (Å²) >= 11 is 13.2. The highest BCUT2D eigenvalue weighted by Crippen LogP contribution is 2.27. The van der Waals surface area contributed by atoms with Crippen molar-refractivity contribution in [2.45, 2.75) is 12.2 Å². The summed E-state index contributed by atoms with van der Waals surface area (Å²) in [6.45, 7) is 0.784. The average Bonchev–Trinajstić information content (AvgIpc) is 2.59. The average molecular weight is 399 g/mol. The number of rotatable bonds is 8. The van der Waals surface area contributed by atoms with E-state index < -0.39 is 0 Å². The van der Waals surface area contributed by atoms with Crippen LogP contribution in [-0.2, 0) is 5.75 Å². The lowest BCUT2D eigenvalue weighted by Crippen LogP contribution is -2.29. The van der Waals surface area contributed by atoms with E-state index in [4.69, 9.17) is 28.6 Å². The maximum absolute atomic E-state index is 12.8. The number of nitrogens with one attached hydrogen (secondary N) is 2. The number of anilines is 1. The summed E-state index contributed by atoms with van der Waals surface area (Å²) in [5.74, 6) is 2.32. The van der Waals surface area contributed by atoms with Crippen LogP contribution in [0.25, 0.3) is 0 Å². The lowest BCUT2D eigenvalue weighted by molar-refractivity contribution is 0.415. The first-order chi connectivity index (χ1) is 12.1. The SMILES string of the molecule is COc1ccc(NC(=S)NCCCSCc2ccc(F)cc2)cc1Cl. The minimum atomic E-state index is -0.197. The minimum Gasteiger partial charge on any atom is -0.495 e. The number of hydrogen-bond donors (Lipinski definition) is 2. The summed E-state index contributed by atoms with van der Waals surface area (Å²) in [7, 11) is 1.58. The first kappa shape index (κ1) is 19.8. The van der Waals surface area contributed by atoms with E-state index in [0.29, 0.717) is 15.9 Å². The maximum atomic E-state index is 12.8. The molecule has 0 radical (unpaired) electrons. The normalized spacial score (nSPS) is 10.4. The predicted molar refractivity (Wildman–Crippen MR) is 109 cm³/mol. The molecule has 2 aromatic carbocycles. The molecule has 0 unspecified atom stereocenters. The van der Waals surface area contributed by atoms with Crippen molar-refractivity contribution >= 4 is 46.4 Å². The van der Waals surface area contributed by atoms with E-state index in [1.54, 1.807) is 19.2 Å². The Balaban J connectivity index is 1.60. The van der Waals surface area contributed by atoms with Gasteiger partial charge in [0.25, 0.3) is 0 Å². The molecule has 0 fully saturated rings. The zero-order chi connectivity index (χ0) is 18.1. The molecule has 134 valence electrons. The monoisotopic (exact) mass is 398 g/mol. The van der Waals surface area contributed by atoms with Gasteiger partial charge in [-0.3, -0.25) is 0 Å². The van der Waals surface area contributed by atoms with Gasteiger partial charge >= 0.3 is 0 Å². The Morgan fingerprint density at radius 3 is 2.68 bits per heavy atom. The molecule has 7 heteroatoms. The Morgan fingerprint density at radius 1 is 1.24 bits per heavy atom. The second-order valence-electron chi connectivity index (χ2n) is 5.26. The van der Waals surface area contributed by atoms with Crippen LogP contribution in [0.5, 0.6) is 5.75 Å². The maximum Gasteiger partial charge on any atom is 0.170 e. The molecule has 25 heavy (non-hydrogen) atoms. The minimum absolute atomic E-state index is 0.197. The molecule has 0 spiro atoms. The second-order valence-corrected chi connectivity index (χ2v) is 7.18. The lowest BCUT2D eigenvalue weighted by Gasteiger charge is -2.11. The molecule has 0 saturated carbocycles. The highest BCUT2D eigenvalue weighted by Gasteiger charge is 2.03. The summed E-state index contributed by atoms with van der Waals surface area (Å²) in [5, 5.41) is 7.36. The van der Waals surface area contributed by atoms with Crippen LogP contribution in [0.1, 0.15) is 12.0 Å². The number of halogens is 2. The predicted octanol–water partition coefficient (Wildman–Crippen LogP) is 5.10. The van der Waals surface area contributed by atoms with Gasteiger partial charge in [-0.2, -0.15) is 11.8 Å². The van der Waals surface area contributed by atoms with Crippen LogP contribution in [0.3, 0.4) is 0 Å². The first-order valence-corrected chi connectivity index (χ1v) is 9.73. The van der Waals surface area contributed by atoms with E-state index in [-0.39, 0.29) is 5.82 Å². The van der Waals surface area contributed by atoms with Gasteiger partial charge in [-0.25, -0.2) is 4.39 Å². The third-order valence-electron chi connectivity index (χ3n) is 3.34. The van der Waals surface area contributed by atoms with Gasteiger partial charge in [0.15, 0.2) is 5.11 Å². The van der Waals surface area contributed by atoms with Gasteiger partial charge in [-0.1, -0.05) is 23.7 Å². The fourth-order valence-corrected chi connectivity index (χ4v) is 3.46. The zero-order valence-corrected chi connectivity index (χ0v) is 16.2. The second kappa shape index (κ2) is 10.5. The van der Waals surface area contributed by atoms with E-state index >= 15 is 0 Å². The van der Waals surface area contributed by atoms with Crippen molar-refractivity contribution in [1.82, 2.24) is 5.32 Å². The van der Waals surface area contributed by atoms with Crippen LogP contribution >= 0.6 is 35.6 Å². The molecule has 0 aliphatic heterocycles. The number of hydrogen-bond acceptors (Lipinski definition) is 3. The van der Waals surface area contributed by atoms with Crippen LogP contribution < -0.4 is 15.4 Å². The van der Waals surface area contributed by atoms with Gasteiger partial charge in [0, 0.05) is 18.0 Å². The zero-order valence-electron chi connectivity index (χ0n) is 13.9. The quantitative estimate of drug-likeness (QED) is 0.477. The molecule has 0 amide bonds. The Morgan fingerprint density at radius 2 is 2.00 bits per heavy atom. The van der Waals surface area contributed by atoms with E-state index in [1.165, 1.54) is 12.1 Å². The van der Waals surface area contributed by atoms with E-state index in [9.17, 15) is 4.39 Å². The third-order valence-corrected chi connectivity index (χ3v) is 5.00. The topological polar surface area (TPSA) is 33.3 Å². The van der Waals surface area contributed by atoms with Gasteiger partial charge in [0.05, 0.1) is 12.1 Å². The standard InChI is InChI=1S/C18H20ClFN2OS2/c1-23-17-8-7-15(11-16(17)19)22-18(24)21-9-2-10-25-12-13-3-5-14(20)6-4-13/h3-8,11H,2,9-10,12H2,1H3,(H2,21,22,24). The molecule has 2 N–H and O–H groups in total. The lowest BCUT2D eigenvalue weighted by atomic mass is 10.2. The van der Waals surface area contributed by atoms with Gasteiger partial charge in [0.2, 0.25) is 0 Å². The Bertz CT molecular complexity index is 698. The Hall–Kier alpha value is -1.50. The molecule has 0 heterocycles. The number of benzene rings is 2. The van der Waals surface area contributed by atoms with Crippen molar-refractivity contribution in [3.8, 4) is 5.75 Å². The Kier molecular flexibility index (Phi) is 8.31. The van der Waals surface area contributed by atoms with Crippen molar-refractivity contribution in [2.75, 3.05) is 24.7 Å². The molecule has 0 saturated heterocycles. The van der Waals surface area contributed by atoms with Crippen molar-refractivity contribution in [3.63, 3.8) is 0 Å². The summed E-state index contributed by atoms with van der Waals surface area (Å²) in [6, 6.07) is 12.0. The smallest absolute Gasteiger partial charge is 0.170 e. The van der Waals surface area contributed by atoms with E-state index in [1.807, 2.05) is 30.0 Å². The fraction of sp³-hybridized carbons (Fsp3) is 0.278. The highest BCUT2D eigenvalue weighted by atomic mass is 35.5. The molecule has 3 nitrogen and oxygen atoms in total. The van der Waals surface area contributed by atoms with Crippen LogP contribution in [0, 0.1) is 5.82 Å². The van der Waals surface area contributed by atoms with Crippen molar-refractivity contribution in [2.24, 2.45) is 0 Å². The number of methoxy groups -OCH3 is 1. The third kappa shape index (κ3) is 7.10. The van der Waals surface area contributed by atoms with E-state index in [0.717, 1.165) is 35.7 Å². The molecule has 0 aliphatic carbocycles. The van der Waals surface area contributed by atoms with Gasteiger partial charge in [0.1, 0.15) is 11.6 Å². The van der Waals surface area contributed by atoms with Crippen molar-refractivity contribution < 1.29 is 9.13 Å². The highest BCUT2D eigenvalue weighted by molar-refractivity contribution is 7.98. The van der Waals surface area contributed by atoms with E-state index in [2.05, 4.69) is 10.6 Å². The van der Waals surface area contributed by atoms with Crippen LogP contribution in [-0.4, -0.2) is 24.5 Å². The number of thioether (sulfide) groups is 1. The number of ether oxygens (including phenoxy) is 1. The van der Waals surface area contributed by atoms with Crippen LogP contribution in [0.2, 0.25) is 5.02 Å². The molecule has 0 bridgehead atoms. The summed E-state index contributed by atoms with van der Waals surface area (Å²) in [6.07, 6.45) is 0.983. The Labute approximate surface area is 162 Å². The first-order valence-electron chi connectivity index (χ1n) is 7.79. The molecule has 0 aromatic heterocycles. The molecular weight excluding hydrogens is 379 g/mol. The van der Waals surface area contributed by atoms with Gasteiger partial charge < -0.3 is 15.4 Å². The summed E-state index contributed by atoms with van der Waals surface area (Å²) in [5.41, 5.74) is 1.95. The van der Waals surface area contributed by atoms with Crippen LogP contribution in [0.15, 0.2) is 42.5 Å². The molecular formula is C18H20ClFN2OS2. The number of thiocarbonyl (C=S) groups is 1. The molecule has 2 aromatic rings. The molecule has 0 atom stereocenters. The van der Waals surface area contributed by atoms with Crippen molar-refractivity contribution in [3.05, 3.63) is 58.9 Å². The van der Waals surface area contributed by atoms with Crippen molar-refractivity contribution in [1.29, 1.82) is 0 Å². The molecule has 0 aliphatic rings. The largest absolute Gasteiger partial charge is 0.495 e. The summed E-state index contributed by atoms with van der Waals surface area (Å²) < 4.78 is 17.9. The fourth-order valence-electron chi connectivity index (χ4n) is 2.07. The molecule has 2 rings (SSSR count). The van der Waals surface area contributed by atoms with Gasteiger partial charge in [-0.05, 0) is 60.3 Å². The summed E-state index contributed by atoms with van der Waals surface area (Å²) in [4.78, 5) is 0. The van der Waals surface area contributed by atoms with Crippen LogP contribution in [0.4, 0.5) is 10.1 Å². The van der Waals surface area contributed by atoms with Gasteiger partial charge in [-0.15, -0.1) is 0 Å².